The van der Waals surface area contributed by atoms with Gasteiger partial charge in [-0.25, -0.2) is 0 Å². The van der Waals surface area contributed by atoms with Gasteiger partial charge >= 0.3 is 0 Å². The molecular formula is C20H23NO4. The molecule has 2 aromatic carbocycles. The number of phenols is 1. The van der Waals surface area contributed by atoms with Gasteiger partial charge in [-0.1, -0.05) is 6.07 Å². The van der Waals surface area contributed by atoms with Crippen LogP contribution in [0.15, 0.2) is 18.2 Å². The summed E-state index contributed by atoms with van der Waals surface area (Å²) in [5.74, 6) is 2.20. The number of fused-ring (bicyclic) bond motifs is 2. The molecular weight excluding hydrogens is 318 g/mol. The zero-order valence-electron chi connectivity index (χ0n) is 15.0. The van der Waals surface area contributed by atoms with Crippen LogP contribution < -0.4 is 14.2 Å². The largest absolute Gasteiger partial charge is 0.504 e. The van der Waals surface area contributed by atoms with Crippen molar-refractivity contribution < 1.29 is 19.3 Å². The number of rotatable bonds is 3. The Balaban J connectivity index is 2.07. The Labute approximate surface area is 147 Å². The lowest BCUT2D eigenvalue weighted by atomic mass is 9.76. The molecule has 1 atom stereocenters. The molecule has 5 heteroatoms. The Kier molecular flexibility index (Phi) is 3.76. The van der Waals surface area contributed by atoms with E-state index in [2.05, 4.69) is 18.0 Å². The fourth-order valence-electron chi connectivity index (χ4n) is 4.30. The van der Waals surface area contributed by atoms with Crippen molar-refractivity contribution in [1.29, 1.82) is 0 Å². The Morgan fingerprint density at radius 2 is 1.84 bits per heavy atom. The summed E-state index contributed by atoms with van der Waals surface area (Å²) in [5.41, 5.74) is 5.42. The lowest BCUT2D eigenvalue weighted by Crippen LogP contribution is -2.35. The molecule has 132 valence electrons. The maximum Gasteiger partial charge on any atom is 0.165 e. The Bertz CT molecular complexity index is 846. The standard InChI is InChI=1S/C20H23NO4/c1-21-8-7-12-18-13(10-16(24-3)20(12)25-4)17-11(9-14(18)21)5-6-15(23-2)19(17)22/h5-6,10,14,22H,7-9H2,1-4H3. The summed E-state index contributed by atoms with van der Waals surface area (Å²) >= 11 is 0. The van der Waals surface area contributed by atoms with Crippen LogP contribution in [0.25, 0.3) is 11.1 Å². The van der Waals surface area contributed by atoms with Gasteiger partial charge in [0.15, 0.2) is 23.0 Å². The zero-order chi connectivity index (χ0) is 17.7. The molecule has 1 aliphatic carbocycles. The van der Waals surface area contributed by atoms with Crippen LogP contribution in [0.3, 0.4) is 0 Å². The predicted molar refractivity (Wildman–Crippen MR) is 96.0 cm³/mol. The molecule has 0 saturated heterocycles. The Morgan fingerprint density at radius 1 is 1.08 bits per heavy atom. The molecule has 2 aromatic rings. The first-order chi connectivity index (χ1) is 12.1. The molecule has 2 aliphatic rings. The van der Waals surface area contributed by atoms with Gasteiger partial charge in [0, 0.05) is 23.7 Å². The molecule has 1 unspecified atom stereocenters. The molecule has 0 saturated carbocycles. The summed E-state index contributed by atoms with van der Waals surface area (Å²) in [6.45, 7) is 0.970. The molecule has 0 radical (unpaired) electrons. The van der Waals surface area contributed by atoms with Crippen molar-refractivity contribution >= 4 is 0 Å². The third kappa shape index (κ3) is 2.19. The SMILES string of the molecule is COc1ccc2c(c1O)-c1cc(OC)c(OC)c3c1C(C2)N(C)CC3. The van der Waals surface area contributed by atoms with E-state index >= 15 is 0 Å². The van der Waals surface area contributed by atoms with Crippen LogP contribution in [-0.2, 0) is 12.8 Å². The quantitative estimate of drug-likeness (QED) is 0.929. The van der Waals surface area contributed by atoms with E-state index in [9.17, 15) is 5.11 Å². The lowest BCUT2D eigenvalue weighted by molar-refractivity contribution is 0.224. The normalized spacial score (nSPS) is 18.3. The van der Waals surface area contributed by atoms with E-state index < -0.39 is 0 Å². The number of hydrogen-bond donors (Lipinski definition) is 1. The fraction of sp³-hybridized carbons (Fsp3) is 0.400. The summed E-state index contributed by atoms with van der Waals surface area (Å²) in [6.07, 6.45) is 1.76. The average Bonchev–Trinajstić information content (AvgIpc) is 2.63. The highest BCUT2D eigenvalue weighted by Gasteiger charge is 2.37. The van der Waals surface area contributed by atoms with Gasteiger partial charge in [0.25, 0.3) is 0 Å². The first-order valence-corrected chi connectivity index (χ1v) is 8.47. The number of aromatic hydroxyl groups is 1. The molecule has 4 rings (SSSR count). The average molecular weight is 341 g/mol. The third-order valence-corrected chi connectivity index (χ3v) is 5.52. The van der Waals surface area contributed by atoms with Crippen LogP contribution in [-0.4, -0.2) is 44.9 Å². The van der Waals surface area contributed by atoms with Gasteiger partial charge in [-0.05, 0) is 48.7 Å². The van der Waals surface area contributed by atoms with Crippen molar-refractivity contribution in [3.8, 4) is 34.1 Å². The second-order valence-electron chi connectivity index (χ2n) is 6.65. The van der Waals surface area contributed by atoms with E-state index in [0.717, 1.165) is 41.8 Å². The first-order valence-electron chi connectivity index (χ1n) is 8.47. The number of nitrogens with zero attached hydrogens (tertiary/aromatic N) is 1. The fourth-order valence-corrected chi connectivity index (χ4v) is 4.30. The molecule has 1 aliphatic heterocycles. The number of hydrogen-bond acceptors (Lipinski definition) is 5. The van der Waals surface area contributed by atoms with Crippen LogP contribution in [0.4, 0.5) is 0 Å². The van der Waals surface area contributed by atoms with E-state index in [0.29, 0.717) is 11.5 Å². The number of likely N-dealkylation sites (N-methyl/N-ethyl adjacent to an activating group) is 1. The Hall–Kier alpha value is -2.40. The molecule has 25 heavy (non-hydrogen) atoms. The molecule has 0 spiro atoms. The van der Waals surface area contributed by atoms with E-state index in [4.69, 9.17) is 14.2 Å². The number of benzene rings is 2. The highest BCUT2D eigenvalue weighted by atomic mass is 16.5. The van der Waals surface area contributed by atoms with Gasteiger partial charge in [0.05, 0.1) is 21.3 Å². The van der Waals surface area contributed by atoms with E-state index in [-0.39, 0.29) is 11.8 Å². The van der Waals surface area contributed by atoms with Crippen LogP contribution in [0.5, 0.6) is 23.0 Å². The van der Waals surface area contributed by atoms with E-state index in [1.807, 2.05) is 12.1 Å². The van der Waals surface area contributed by atoms with Crippen LogP contribution in [0, 0.1) is 0 Å². The molecule has 0 amide bonds. The second-order valence-corrected chi connectivity index (χ2v) is 6.65. The zero-order valence-corrected chi connectivity index (χ0v) is 15.0. The summed E-state index contributed by atoms with van der Waals surface area (Å²) in [4.78, 5) is 2.38. The molecule has 1 heterocycles. The topological polar surface area (TPSA) is 51.2 Å². The van der Waals surface area contributed by atoms with Crippen molar-refractivity contribution in [1.82, 2.24) is 4.90 Å². The smallest absolute Gasteiger partial charge is 0.165 e. The molecule has 1 N–H and O–H groups in total. The van der Waals surface area contributed by atoms with Gasteiger partial charge < -0.3 is 19.3 Å². The maximum absolute atomic E-state index is 10.8. The van der Waals surface area contributed by atoms with Gasteiger partial charge in [-0.15, -0.1) is 0 Å². The Morgan fingerprint density at radius 3 is 2.52 bits per heavy atom. The number of methoxy groups -OCH3 is 3. The predicted octanol–water partition coefficient (Wildman–Crippen LogP) is 3.17. The van der Waals surface area contributed by atoms with Crippen LogP contribution in [0.1, 0.15) is 22.7 Å². The number of ether oxygens (including phenoxy) is 3. The van der Waals surface area contributed by atoms with Crippen LogP contribution >= 0.6 is 0 Å². The highest BCUT2D eigenvalue weighted by Crippen LogP contribution is 2.54. The minimum absolute atomic E-state index is 0.195. The first kappa shape index (κ1) is 16.1. The van der Waals surface area contributed by atoms with Crippen molar-refractivity contribution in [3.05, 3.63) is 34.9 Å². The summed E-state index contributed by atoms with van der Waals surface area (Å²) in [7, 11) is 7.07. The van der Waals surface area contributed by atoms with Crippen LogP contribution in [0.2, 0.25) is 0 Å². The summed E-state index contributed by atoms with van der Waals surface area (Å²) in [6, 6.07) is 6.15. The summed E-state index contributed by atoms with van der Waals surface area (Å²) in [5, 5.41) is 10.8. The van der Waals surface area contributed by atoms with Gasteiger partial charge in [-0.2, -0.15) is 0 Å². The van der Waals surface area contributed by atoms with Gasteiger partial charge in [0.2, 0.25) is 0 Å². The molecule has 5 nitrogen and oxygen atoms in total. The van der Waals surface area contributed by atoms with Gasteiger partial charge in [-0.3, -0.25) is 4.90 Å². The van der Waals surface area contributed by atoms with Crippen molar-refractivity contribution in [2.75, 3.05) is 34.9 Å². The third-order valence-electron chi connectivity index (χ3n) is 5.52. The second kappa shape index (κ2) is 5.85. The maximum atomic E-state index is 10.8. The van der Waals surface area contributed by atoms with E-state index in [1.54, 1.807) is 21.3 Å². The summed E-state index contributed by atoms with van der Waals surface area (Å²) < 4.78 is 16.6. The number of phenolic OH excluding ortho intramolecular Hbond substituents is 1. The minimum Gasteiger partial charge on any atom is -0.504 e. The van der Waals surface area contributed by atoms with E-state index in [1.165, 1.54) is 11.1 Å². The minimum atomic E-state index is 0.195. The van der Waals surface area contributed by atoms with Crippen molar-refractivity contribution in [2.45, 2.75) is 18.9 Å². The molecule has 0 bridgehead atoms. The molecule has 0 aromatic heterocycles. The molecule has 0 fully saturated rings. The van der Waals surface area contributed by atoms with Crippen molar-refractivity contribution in [2.24, 2.45) is 0 Å². The lowest BCUT2D eigenvalue weighted by Gasteiger charge is -2.40. The van der Waals surface area contributed by atoms with Crippen molar-refractivity contribution in [3.63, 3.8) is 0 Å². The monoisotopic (exact) mass is 341 g/mol. The highest BCUT2D eigenvalue weighted by molar-refractivity contribution is 5.84. The van der Waals surface area contributed by atoms with Gasteiger partial charge in [0.1, 0.15) is 0 Å².